The Hall–Kier alpha value is -3.26. The Morgan fingerprint density at radius 2 is 1.79 bits per heavy atom. The van der Waals surface area contributed by atoms with Crippen LogP contribution in [-0.4, -0.2) is 56.5 Å². The normalized spacial score (nSPS) is 18.1. The summed E-state index contributed by atoms with van der Waals surface area (Å²) in [4.78, 5) is 42.4. The lowest BCUT2D eigenvalue weighted by Gasteiger charge is -2.27. The predicted molar refractivity (Wildman–Crippen MR) is 130 cm³/mol. The molecule has 9 heteroatoms. The fourth-order valence-electron chi connectivity index (χ4n) is 4.43. The molecule has 2 heterocycles. The molecule has 4 rings (SSSR count). The summed E-state index contributed by atoms with van der Waals surface area (Å²) in [6.45, 7) is 1.58. The summed E-state index contributed by atoms with van der Waals surface area (Å²) in [7, 11) is 3.07. The highest BCUT2D eigenvalue weighted by Crippen LogP contribution is 2.36. The van der Waals surface area contributed by atoms with Crippen molar-refractivity contribution in [3.05, 3.63) is 47.0 Å². The SMILES string of the molecule is COc1ccc(OC)c(N2CC(C(=O)Nc3cc(Cl)ccc3C(=O)N3CCCCC3)CC2=O)c1. The molecular formula is C25H28ClN3O5. The van der Waals surface area contributed by atoms with Gasteiger partial charge in [0.2, 0.25) is 11.8 Å². The fraction of sp³-hybridized carbons (Fsp3) is 0.400. The average Bonchev–Trinajstić information content (AvgIpc) is 3.25. The molecule has 2 aliphatic rings. The lowest BCUT2D eigenvalue weighted by Crippen LogP contribution is -2.36. The quantitative estimate of drug-likeness (QED) is 0.668. The minimum atomic E-state index is -0.597. The number of benzene rings is 2. The first-order chi connectivity index (χ1) is 16.4. The first kappa shape index (κ1) is 23.9. The summed E-state index contributed by atoms with van der Waals surface area (Å²) in [5.74, 6) is -0.164. The van der Waals surface area contributed by atoms with Crippen molar-refractivity contribution in [2.75, 3.05) is 44.1 Å². The van der Waals surface area contributed by atoms with Crippen LogP contribution in [0.5, 0.6) is 11.5 Å². The van der Waals surface area contributed by atoms with E-state index in [4.69, 9.17) is 21.1 Å². The molecule has 2 saturated heterocycles. The summed E-state index contributed by atoms with van der Waals surface area (Å²) < 4.78 is 10.7. The maximum atomic E-state index is 13.2. The summed E-state index contributed by atoms with van der Waals surface area (Å²) in [5, 5.41) is 3.26. The zero-order valence-corrected chi connectivity index (χ0v) is 20.1. The molecule has 2 aromatic carbocycles. The first-order valence-electron chi connectivity index (χ1n) is 11.3. The third kappa shape index (κ3) is 4.97. The van der Waals surface area contributed by atoms with E-state index in [0.29, 0.717) is 46.5 Å². The number of rotatable bonds is 6. The van der Waals surface area contributed by atoms with E-state index in [0.717, 1.165) is 19.3 Å². The van der Waals surface area contributed by atoms with Gasteiger partial charge in [-0.1, -0.05) is 11.6 Å². The molecule has 8 nitrogen and oxygen atoms in total. The van der Waals surface area contributed by atoms with Gasteiger partial charge in [0.1, 0.15) is 11.5 Å². The van der Waals surface area contributed by atoms with Crippen LogP contribution < -0.4 is 19.7 Å². The van der Waals surface area contributed by atoms with Crippen LogP contribution in [0.2, 0.25) is 5.02 Å². The van der Waals surface area contributed by atoms with Crippen LogP contribution in [0, 0.1) is 5.92 Å². The Balaban J connectivity index is 1.52. The number of nitrogens with zero attached hydrogens (tertiary/aromatic N) is 2. The molecule has 2 fully saturated rings. The van der Waals surface area contributed by atoms with Crippen molar-refractivity contribution in [3.8, 4) is 11.5 Å². The zero-order chi connectivity index (χ0) is 24.2. The molecule has 0 aliphatic carbocycles. The molecule has 0 saturated carbocycles. The number of ether oxygens (including phenoxy) is 2. The number of hydrogen-bond donors (Lipinski definition) is 1. The molecule has 1 unspecified atom stereocenters. The number of piperidine rings is 1. The van der Waals surface area contributed by atoms with Crippen molar-refractivity contribution in [2.24, 2.45) is 5.92 Å². The van der Waals surface area contributed by atoms with Crippen molar-refractivity contribution in [3.63, 3.8) is 0 Å². The van der Waals surface area contributed by atoms with Gasteiger partial charge in [0.25, 0.3) is 5.91 Å². The van der Waals surface area contributed by atoms with E-state index in [9.17, 15) is 14.4 Å². The van der Waals surface area contributed by atoms with Gasteiger partial charge >= 0.3 is 0 Å². The highest BCUT2D eigenvalue weighted by Gasteiger charge is 2.37. The summed E-state index contributed by atoms with van der Waals surface area (Å²) in [6.07, 6.45) is 3.09. The number of carbonyl (C=O) groups is 3. The van der Waals surface area contributed by atoms with Crippen molar-refractivity contribution >= 4 is 40.7 Å². The van der Waals surface area contributed by atoms with E-state index >= 15 is 0 Å². The minimum Gasteiger partial charge on any atom is -0.497 e. The molecule has 0 bridgehead atoms. The third-order valence-electron chi connectivity index (χ3n) is 6.29. The number of amides is 3. The Labute approximate surface area is 203 Å². The lowest BCUT2D eigenvalue weighted by molar-refractivity contribution is -0.122. The Morgan fingerprint density at radius 1 is 1.03 bits per heavy atom. The number of nitrogens with one attached hydrogen (secondary N) is 1. The average molecular weight is 486 g/mol. The summed E-state index contributed by atoms with van der Waals surface area (Å²) in [5.41, 5.74) is 1.30. The predicted octanol–water partition coefficient (Wildman–Crippen LogP) is 3.97. The van der Waals surface area contributed by atoms with E-state index in [1.54, 1.807) is 48.4 Å². The molecule has 1 N–H and O–H groups in total. The Bertz CT molecular complexity index is 1100. The number of methoxy groups -OCH3 is 2. The van der Waals surface area contributed by atoms with E-state index in [1.165, 1.54) is 12.0 Å². The van der Waals surface area contributed by atoms with Crippen molar-refractivity contribution in [1.29, 1.82) is 0 Å². The van der Waals surface area contributed by atoms with E-state index in [1.807, 2.05) is 0 Å². The van der Waals surface area contributed by atoms with Gasteiger partial charge < -0.3 is 24.6 Å². The highest BCUT2D eigenvalue weighted by atomic mass is 35.5. The number of likely N-dealkylation sites (tertiary alicyclic amines) is 1. The van der Waals surface area contributed by atoms with Gasteiger partial charge in [0, 0.05) is 37.1 Å². The second kappa shape index (κ2) is 10.3. The largest absolute Gasteiger partial charge is 0.497 e. The molecule has 2 aliphatic heterocycles. The van der Waals surface area contributed by atoms with Crippen LogP contribution in [0.3, 0.4) is 0 Å². The van der Waals surface area contributed by atoms with Gasteiger partial charge in [-0.15, -0.1) is 0 Å². The Kier molecular flexibility index (Phi) is 7.26. The Morgan fingerprint density at radius 3 is 2.50 bits per heavy atom. The summed E-state index contributed by atoms with van der Waals surface area (Å²) >= 11 is 6.17. The molecule has 0 aromatic heterocycles. The maximum absolute atomic E-state index is 13.2. The van der Waals surface area contributed by atoms with Crippen LogP contribution in [0.15, 0.2) is 36.4 Å². The summed E-state index contributed by atoms with van der Waals surface area (Å²) in [6, 6.07) is 10.0. The zero-order valence-electron chi connectivity index (χ0n) is 19.3. The highest BCUT2D eigenvalue weighted by molar-refractivity contribution is 6.31. The van der Waals surface area contributed by atoms with Crippen LogP contribution in [0.25, 0.3) is 0 Å². The van der Waals surface area contributed by atoms with Crippen LogP contribution in [0.4, 0.5) is 11.4 Å². The van der Waals surface area contributed by atoms with E-state index < -0.39 is 5.92 Å². The number of hydrogen-bond acceptors (Lipinski definition) is 5. The molecule has 1 atom stereocenters. The third-order valence-corrected chi connectivity index (χ3v) is 6.52. The van der Waals surface area contributed by atoms with E-state index in [2.05, 4.69) is 5.32 Å². The topological polar surface area (TPSA) is 88.2 Å². The van der Waals surface area contributed by atoms with Crippen LogP contribution in [0.1, 0.15) is 36.0 Å². The van der Waals surface area contributed by atoms with E-state index in [-0.39, 0.29) is 30.7 Å². The van der Waals surface area contributed by atoms with Crippen molar-refractivity contribution < 1.29 is 23.9 Å². The molecular weight excluding hydrogens is 458 g/mol. The van der Waals surface area contributed by atoms with Gasteiger partial charge in [0.05, 0.1) is 37.1 Å². The molecule has 3 amide bonds. The lowest BCUT2D eigenvalue weighted by atomic mass is 10.1. The molecule has 180 valence electrons. The standard InChI is InChI=1S/C25H28ClN3O5/c1-33-18-7-9-22(34-2)21(14-18)29-15-16(12-23(29)30)24(31)27-20-13-17(26)6-8-19(20)25(32)28-10-4-3-5-11-28/h6-9,13-14,16H,3-5,10-12,15H2,1-2H3,(H,27,31). The monoisotopic (exact) mass is 485 g/mol. The van der Waals surface area contributed by atoms with Crippen molar-refractivity contribution in [1.82, 2.24) is 4.90 Å². The smallest absolute Gasteiger partial charge is 0.255 e. The molecule has 0 radical (unpaired) electrons. The maximum Gasteiger partial charge on any atom is 0.255 e. The van der Waals surface area contributed by atoms with Gasteiger partial charge in [-0.2, -0.15) is 0 Å². The van der Waals surface area contributed by atoms with Crippen LogP contribution >= 0.6 is 11.6 Å². The number of carbonyl (C=O) groups excluding carboxylic acids is 3. The van der Waals surface area contributed by atoms with Gasteiger partial charge in [-0.3, -0.25) is 14.4 Å². The second-order valence-corrected chi connectivity index (χ2v) is 8.91. The fourth-order valence-corrected chi connectivity index (χ4v) is 4.60. The second-order valence-electron chi connectivity index (χ2n) is 8.48. The molecule has 0 spiro atoms. The van der Waals surface area contributed by atoms with Crippen LogP contribution in [-0.2, 0) is 9.59 Å². The molecule has 34 heavy (non-hydrogen) atoms. The van der Waals surface area contributed by atoms with Gasteiger partial charge in [-0.05, 0) is 49.6 Å². The first-order valence-corrected chi connectivity index (χ1v) is 11.7. The molecule has 2 aromatic rings. The minimum absolute atomic E-state index is 0.0438. The number of anilines is 2. The number of halogens is 1. The van der Waals surface area contributed by atoms with Gasteiger partial charge in [-0.25, -0.2) is 0 Å². The van der Waals surface area contributed by atoms with Crippen molar-refractivity contribution in [2.45, 2.75) is 25.7 Å². The van der Waals surface area contributed by atoms with Gasteiger partial charge in [0.15, 0.2) is 0 Å².